The van der Waals surface area contributed by atoms with Crippen molar-refractivity contribution in [3.8, 4) is 0 Å². The molecule has 0 aromatic heterocycles. The lowest BCUT2D eigenvalue weighted by Gasteiger charge is -2.61. The molecule has 4 saturated carbocycles. The van der Waals surface area contributed by atoms with E-state index in [2.05, 4.69) is 34.6 Å². The third-order valence-corrected chi connectivity index (χ3v) is 13.3. The molecule has 1 nitrogen and oxygen atoms in total. The van der Waals surface area contributed by atoms with Gasteiger partial charge in [0, 0.05) is 5.25 Å². The van der Waals surface area contributed by atoms with Gasteiger partial charge in [-0.2, -0.15) is 0 Å². The fourth-order valence-electron chi connectivity index (χ4n) is 9.53. The van der Waals surface area contributed by atoms with E-state index in [4.69, 9.17) is 0 Å². The summed E-state index contributed by atoms with van der Waals surface area (Å²) in [7, 11) is 0. The summed E-state index contributed by atoms with van der Waals surface area (Å²) in [5, 5.41) is 0.584. The molecule has 0 amide bonds. The Balaban J connectivity index is 1.42. The fraction of sp³-hybridized carbons (Fsp3) is 0.966. The first kappa shape index (κ1) is 25.5. The summed E-state index contributed by atoms with van der Waals surface area (Å²) in [6.07, 6.45) is 19.1. The van der Waals surface area contributed by atoms with E-state index in [1.54, 1.807) is 11.8 Å². The Bertz CT molecular complexity index is 662. The second-order valence-corrected chi connectivity index (χ2v) is 15.5. The summed E-state index contributed by atoms with van der Waals surface area (Å²) in [5.74, 6) is 6.52. The van der Waals surface area contributed by atoms with E-state index >= 15 is 0 Å². The lowest BCUT2D eigenvalue weighted by atomic mass is 9.44. The Morgan fingerprint density at radius 1 is 0.906 bits per heavy atom. The number of hydrogen-bond acceptors (Lipinski definition) is 3. The minimum absolute atomic E-state index is 0.334. The Hall–Kier alpha value is 0.370. The highest BCUT2D eigenvalue weighted by atomic mass is 32.2. The molecule has 0 heterocycles. The zero-order valence-corrected chi connectivity index (χ0v) is 23.5. The van der Waals surface area contributed by atoms with E-state index in [1.807, 2.05) is 6.26 Å². The second kappa shape index (κ2) is 10.2. The molecule has 0 N–H and O–H groups in total. The molecule has 0 aromatic rings. The second-order valence-electron chi connectivity index (χ2n) is 13.2. The molecule has 0 radical (unpaired) electrons. The van der Waals surface area contributed by atoms with Gasteiger partial charge in [0.15, 0.2) is 0 Å². The third-order valence-electron chi connectivity index (χ3n) is 11.2. The van der Waals surface area contributed by atoms with E-state index in [0.29, 0.717) is 20.5 Å². The van der Waals surface area contributed by atoms with E-state index in [0.717, 1.165) is 41.4 Å². The molecule has 4 rings (SSSR count). The average molecular weight is 479 g/mol. The van der Waals surface area contributed by atoms with E-state index in [1.165, 1.54) is 88.8 Å². The molecule has 0 bridgehead atoms. The van der Waals surface area contributed by atoms with E-state index in [-0.39, 0.29) is 0 Å². The Labute approximate surface area is 207 Å². The average Bonchev–Trinajstić information content (AvgIpc) is 3.11. The van der Waals surface area contributed by atoms with Gasteiger partial charge in [-0.1, -0.05) is 77.4 Å². The van der Waals surface area contributed by atoms with Crippen LogP contribution in [0.4, 0.5) is 4.79 Å². The number of thioether (sulfide) groups is 2. The van der Waals surface area contributed by atoms with Gasteiger partial charge in [0.1, 0.15) is 0 Å². The van der Waals surface area contributed by atoms with Crippen LogP contribution in [-0.2, 0) is 0 Å². The maximum Gasteiger partial charge on any atom is 0.246 e. The highest BCUT2D eigenvalue weighted by Crippen LogP contribution is 2.68. The molecule has 9 atom stereocenters. The first-order valence-corrected chi connectivity index (χ1v) is 16.0. The van der Waals surface area contributed by atoms with Gasteiger partial charge in [-0.05, 0) is 116 Å². The first-order chi connectivity index (χ1) is 15.2. The molecular formula is C29H50OS2. The molecule has 3 heteroatoms. The molecule has 0 saturated heterocycles. The largest absolute Gasteiger partial charge is 0.274 e. The van der Waals surface area contributed by atoms with Crippen LogP contribution in [0.5, 0.6) is 0 Å². The van der Waals surface area contributed by atoms with Crippen LogP contribution < -0.4 is 0 Å². The van der Waals surface area contributed by atoms with Crippen molar-refractivity contribution < 1.29 is 4.79 Å². The molecule has 32 heavy (non-hydrogen) atoms. The smallest absolute Gasteiger partial charge is 0.246 e. The predicted molar refractivity (Wildman–Crippen MR) is 143 cm³/mol. The SMILES string of the molecule is CSC(=O)S[C@H]1CC[C@@]2(C)[C@@H](CC[C@@H]3[C@@H]2CC[C@]2(C)[C@@H]([C@H](C)CCCC(C)C)CC[C@@H]32)C1. The van der Waals surface area contributed by atoms with Crippen LogP contribution >= 0.6 is 23.5 Å². The number of rotatable bonds is 6. The number of hydrogen-bond donors (Lipinski definition) is 0. The number of carbonyl (C=O) groups excluding carboxylic acids is 1. The molecule has 4 aliphatic rings. The number of carbonyl (C=O) groups is 1. The minimum atomic E-state index is 0.334. The molecule has 0 spiro atoms. The molecule has 4 aliphatic carbocycles. The maximum absolute atomic E-state index is 12.0. The Morgan fingerprint density at radius 3 is 2.34 bits per heavy atom. The van der Waals surface area contributed by atoms with Crippen LogP contribution in [0.2, 0.25) is 0 Å². The van der Waals surface area contributed by atoms with Crippen molar-refractivity contribution in [2.45, 2.75) is 117 Å². The van der Waals surface area contributed by atoms with Crippen LogP contribution in [0.3, 0.4) is 0 Å². The zero-order valence-electron chi connectivity index (χ0n) is 21.8. The van der Waals surface area contributed by atoms with Gasteiger partial charge >= 0.3 is 0 Å². The summed E-state index contributed by atoms with van der Waals surface area (Å²) in [4.78, 5) is 12.0. The molecule has 0 unspecified atom stereocenters. The molecule has 0 aromatic carbocycles. The summed E-state index contributed by atoms with van der Waals surface area (Å²) < 4.78 is 0.334. The van der Waals surface area contributed by atoms with Crippen molar-refractivity contribution in [1.29, 1.82) is 0 Å². The van der Waals surface area contributed by atoms with Gasteiger partial charge in [0.2, 0.25) is 4.45 Å². The standard InChI is InChI=1S/C29H50OS2/c1-19(2)8-7-9-20(3)24-12-13-25-23-11-10-21-18-22(32-27(30)31-6)14-16-28(21,4)26(23)15-17-29(24,25)5/h19-26H,7-18H2,1-6H3/t20-,21+,22+,23+,24-,25+,26+,28+,29-/m1/s1. The van der Waals surface area contributed by atoms with Gasteiger partial charge < -0.3 is 0 Å². The molecular weight excluding hydrogens is 428 g/mol. The van der Waals surface area contributed by atoms with Crippen molar-refractivity contribution in [3.05, 3.63) is 0 Å². The molecule has 4 fully saturated rings. The van der Waals surface area contributed by atoms with Gasteiger partial charge in [-0.25, -0.2) is 0 Å². The third kappa shape index (κ3) is 4.74. The quantitative estimate of drug-likeness (QED) is 0.378. The topological polar surface area (TPSA) is 17.1 Å². The van der Waals surface area contributed by atoms with Crippen LogP contribution in [0.1, 0.15) is 112 Å². The van der Waals surface area contributed by atoms with Gasteiger partial charge in [-0.3, -0.25) is 4.79 Å². The van der Waals surface area contributed by atoms with Gasteiger partial charge in [0.05, 0.1) is 0 Å². The summed E-state index contributed by atoms with van der Waals surface area (Å²) in [5.41, 5.74) is 1.16. The highest BCUT2D eigenvalue weighted by molar-refractivity contribution is 8.38. The van der Waals surface area contributed by atoms with Crippen molar-refractivity contribution >= 4 is 28.0 Å². The van der Waals surface area contributed by atoms with Crippen LogP contribution in [0.25, 0.3) is 0 Å². The Kier molecular flexibility index (Phi) is 8.08. The van der Waals surface area contributed by atoms with Crippen LogP contribution in [0, 0.1) is 52.3 Å². The van der Waals surface area contributed by atoms with Crippen molar-refractivity contribution in [3.63, 3.8) is 0 Å². The predicted octanol–water partition coefficient (Wildman–Crippen LogP) is 9.69. The summed E-state index contributed by atoms with van der Waals surface area (Å²) >= 11 is 3.06. The van der Waals surface area contributed by atoms with Crippen LogP contribution in [-0.4, -0.2) is 16.0 Å². The van der Waals surface area contributed by atoms with Crippen molar-refractivity contribution in [2.24, 2.45) is 52.3 Å². The van der Waals surface area contributed by atoms with Crippen molar-refractivity contribution in [1.82, 2.24) is 0 Å². The van der Waals surface area contributed by atoms with E-state index < -0.39 is 0 Å². The van der Waals surface area contributed by atoms with Gasteiger partial charge in [-0.15, -0.1) is 0 Å². The summed E-state index contributed by atoms with van der Waals surface area (Å²) in [6, 6.07) is 0. The molecule has 0 aliphatic heterocycles. The molecule has 184 valence electrons. The first-order valence-electron chi connectivity index (χ1n) is 13.9. The monoisotopic (exact) mass is 478 g/mol. The fourth-order valence-corrected chi connectivity index (χ4v) is 11.2. The van der Waals surface area contributed by atoms with Crippen molar-refractivity contribution in [2.75, 3.05) is 6.26 Å². The van der Waals surface area contributed by atoms with E-state index in [9.17, 15) is 4.79 Å². The number of fused-ring (bicyclic) bond motifs is 5. The summed E-state index contributed by atoms with van der Waals surface area (Å²) in [6.45, 7) is 12.7. The van der Waals surface area contributed by atoms with Crippen LogP contribution in [0.15, 0.2) is 0 Å². The maximum atomic E-state index is 12.0. The normalized spacial score (nSPS) is 44.6. The Morgan fingerprint density at radius 2 is 1.62 bits per heavy atom. The van der Waals surface area contributed by atoms with Gasteiger partial charge in [0.25, 0.3) is 0 Å². The minimum Gasteiger partial charge on any atom is -0.274 e. The lowest BCUT2D eigenvalue weighted by molar-refractivity contribution is -0.113. The highest BCUT2D eigenvalue weighted by Gasteiger charge is 2.60. The zero-order chi connectivity index (χ0) is 23.1. The lowest BCUT2D eigenvalue weighted by Crippen LogP contribution is -2.54.